The van der Waals surface area contributed by atoms with Crippen LogP contribution in [-0.4, -0.2) is 11.4 Å². The van der Waals surface area contributed by atoms with Gasteiger partial charge in [0.25, 0.3) is 0 Å². The van der Waals surface area contributed by atoms with Gasteiger partial charge in [-0.2, -0.15) is 0 Å². The summed E-state index contributed by atoms with van der Waals surface area (Å²) in [5.74, 6) is 3.50. The predicted molar refractivity (Wildman–Crippen MR) is 18.6 cm³/mol. The van der Waals surface area contributed by atoms with Gasteiger partial charge >= 0.3 is 59.1 Å². The maximum Gasteiger partial charge on any atom is 1.00 e. The minimum Gasteiger partial charge on any atom is -0.652 e. The van der Waals surface area contributed by atoms with Crippen LogP contribution in [0.2, 0.25) is 0 Å². The fraction of sp³-hybridized carbons (Fsp3) is 0. The van der Waals surface area contributed by atoms with Gasteiger partial charge in [-0.1, -0.05) is 0 Å². The van der Waals surface area contributed by atoms with Gasteiger partial charge in [-0.3, -0.25) is 0 Å². The maximum absolute atomic E-state index is 8.33. The number of nitrogens with two attached hydrogens (primary N) is 1. The molecule has 0 aliphatic heterocycles. The van der Waals surface area contributed by atoms with Crippen LogP contribution in [0.3, 0.4) is 0 Å². The molecule has 8 heteroatoms. The third-order valence-electron chi connectivity index (χ3n) is 0. The summed E-state index contributed by atoms with van der Waals surface area (Å²) in [4.78, 5) is 8.33. The standard InChI is InChI=1S/CH2O3.ClH.H3NO.2Na/c2-1(3)4;;1-2;;/h(H2,2,3,4);1H;2H,1H2;;/q;;;2*+1/p-2. The average Bonchev–Trinajstić information content (AvgIpc) is 1.41. The summed E-state index contributed by atoms with van der Waals surface area (Å²) in [6, 6.07) is 0. The van der Waals surface area contributed by atoms with Gasteiger partial charge in [0.05, 0.1) is 0 Å². The van der Waals surface area contributed by atoms with Crippen LogP contribution in [0.1, 0.15) is 0 Å². The van der Waals surface area contributed by atoms with E-state index in [1.54, 1.807) is 0 Å². The van der Waals surface area contributed by atoms with Gasteiger partial charge in [0.15, 0.2) is 0 Å². The van der Waals surface area contributed by atoms with Gasteiger partial charge in [0.1, 0.15) is 0 Å². The zero-order chi connectivity index (χ0) is 5.58. The molecule has 9 heavy (non-hydrogen) atoms. The molecule has 0 aromatic carbocycles. The summed E-state index contributed by atoms with van der Waals surface area (Å²) < 4.78 is 0. The number of halogens is 1. The largest absolute Gasteiger partial charge is 1.00 e. The van der Waals surface area contributed by atoms with Crippen molar-refractivity contribution in [3.63, 3.8) is 0 Å². The number of hydrogen-bond donors (Lipinski definition) is 2. The number of rotatable bonds is 0. The molecule has 46 valence electrons. The first-order valence-electron chi connectivity index (χ1n) is 0.871. The van der Waals surface area contributed by atoms with Gasteiger partial charge in [-0.15, -0.1) is 12.4 Å². The minimum absolute atomic E-state index is 0. The van der Waals surface area contributed by atoms with Gasteiger partial charge in [0, 0.05) is 0 Å². The van der Waals surface area contributed by atoms with E-state index < -0.39 is 6.16 Å². The van der Waals surface area contributed by atoms with Crippen LogP contribution >= 0.6 is 12.4 Å². The van der Waals surface area contributed by atoms with Crippen LogP contribution in [0.5, 0.6) is 0 Å². The number of carboxylic acid groups (broad SMARTS) is 2. The van der Waals surface area contributed by atoms with Gasteiger partial charge in [-0.05, 0) is 6.16 Å². The van der Waals surface area contributed by atoms with Crippen LogP contribution in [-0.2, 0) is 0 Å². The molecule has 0 aromatic rings. The summed E-state index contributed by atoms with van der Waals surface area (Å²) in [7, 11) is 0. The Hall–Kier alpha value is 1.48. The minimum atomic E-state index is -2.33. The Bertz CT molecular complexity index is 41.5. The van der Waals surface area contributed by atoms with Crippen molar-refractivity contribution in [1.29, 1.82) is 0 Å². The number of carbonyl (C=O) groups excluding carboxylic acids is 1. The predicted octanol–water partition coefficient (Wildman–Crippen LogP) is -8.68. The number of carbonyl (C=O) groups is 1. The summed E-state index contributed by atoms with van der Waals surface area (Å²) in [5.41, 5.74) is 0. The quantitative estimate of drug-likeness (QED) is 0.281. The van der Waals surface area contributed by atoms with E-state index in [-0.39, 0.29) is 71.5 Å². The van der Waals surface area contributed by atoms with E-state index in [1.165, 1.54) is 0 Å². The van der Waals surface area contributed by atoms with Crippen molar-refractivity contribution in [1.82, 2.24) is 0 Å². The Labute approximate surface area is 103 Å². The Morgan fingerprint density at radius 2 is 1.22 bits per heavy atom. The van der Waals surface area contributed by atoms with Crippen LogP contribution in [0.4, 0.5) is 4.79 Å². The molecule has 0 rings (SSSR count). The molecular formula is CH4ClNNa2O4. The Morgan fingerprint density at radius 1 is 1.22 bits per heavy atom. The molecule has 0 aliphatic carbocycles. The van der Waals surface area contributed by atoms with Crippen molar-refractivity contribution in [2.24, 2.45) is 5.90 Å². The monoisotopic (exact) mass is 175 g/mol. The van der Waals surface area contributed by atoms with Gasteiger partial charge < -0.3 is 20.2 Å². The van der Waals surface area contributed by atoms with Crippen molar-refractivity contribution >= 4 is 18.6 Å². The molecule has 0 bridgehead atoms. The molecule has 0 saturated heterocycles. The van der Waals surface area contributed by atoms with Gasteiger partial charge in [-0.25, -0.2) is 5.90 Å². The van der Waals surface area contributed by atoms with Gasteiger partial charge in [0.2, 0.25) is 0 Å². The smallest absolute Gasteiger partial charge is 0.652 e. The first-order valence-corrected chi connectivity index (χ1v) is 0.871. The first-order chi connectivity index (χ1) is 2.73. The van der Waals surface area contributed by atoms with E-state index in [2.05, 4.69) is 5.90 Å². The van der Waals surface area contributed by atoms with Crippen molar-refractivity contribution in [3.8, 4) is 0 Å². The SMILES string of the molecule is Cl.NO.O=C([O-])[O-].[Na+].[Na+]. The molecule has 0 atom stereocenters. The Balaban J connectivity index is -0.00000000990. The van der Waals surface area contributed by atoms with Crippen LogP contribution in [0.25, 0.3) is 0 Å². The third-order valence-corrected chi connectivity index (χ3v) is 0. The van der Waals surface area contributed by atoms with E-state index >= 15 is 0 Å². The summed E-state index contributed by atoms with van der Waals surface area (Å²) >= 11 is 0. The zero-order valence-electron chi connectivity index (χ0n) is 5.16. The average molecular weight is 175 g/mol. The van der Waals surface area contributed by atoms with Crippen LogP contribution in [0.15, 0.2) is 0 Å². The normalized spacial score (nSPS) is 3.33. The fourth-order valence-electron chi connectivity index (χ4n) is 0. The molecule has 0 amide bonds. The molecule has 0 aromatic heterocycles. The number of hydrogen-bond acceptors (Lipinski definition) is 5. The van der Waals surface area contributed by atoms with E-state index in [1.807, 2.05) is 0 Å². The van der Waals surface area contributed by atoms with Crippen molar-refractivity contribution in [2.75, 3.05) is 0 Å². The molecular weight excluding hydrogens is 171 g/mol. The van der Waals surface area contributed by atoms with Crippen molar-refractivity contribution < 1.29 is 79.3 Å². The Morgan fingerprint density at radius 3 is 1.22 bits per heavy atom. The second-order valence-electron chi connectivity index (χ2n) is 0.250. The zero-order valence-corrected chi connectivity index (χ0v) is 9.97. The summed E-state index contributed by atoms with van der Waals surface area (Å²) in [6.45, 7) is 0. The Kier molecular flexibility index (Phi) is 118. The second-order valence-corrected chi connectivity index (χ2v) is 0.250. The molecule has 3 N–H and O–H groups in total. The molecule has 0 spiro atoms. The summed E-state index contributed by atoms with van der Waals surface area (Å²) in [5, 5.41) is 23.2. The van der Waals surface area contributed by atoms with E-state index in [0.717, 1.165) is 0 Å². The topological polar surface area (TPSA) is 109 Å². The molecule has 0 unspecified atom stereocenters. The van der Waals surface area contributed by atoms with E-state index in [0.29, 0.717) is 0 Å². The molecule has 0 fully saturated rings. The summed E-state index contributed by atoms with van der Waals surface area (Å²) in [6.07, 6.45) is -2.33. The fourth-order valence-corrected chi connectivity index (χ4v) is 0. The molecule has 0 radical (unpaired) electrons. The molecule has 5 nitrogen and oxygen atoms in total. The molecule has 0 heterocycles. The molecule has 0 aliphatic rings. The van der Waals surface area contributed by atoms with Crippen LogP contribution < -0.4 is 75.2 Å². The van der Waals surface area contributed by atoms with Crippen molar-refractivity contribution in [2.45, 2.75) is 0 Å². The van der Waals surface area contributed by atoms with E-state index in [9.17, 15) is 0 Å². The van der Waals surface area contributed by atoms with E-state index in [4.69, 9.17) is 20.2 Å². The molecule has 0 saturated carbocycles. The van der Waals surface area contributed by atoms with Crippen LogP contribution in [0, 0.1) is 0 Å². The van der Waals surface area contributed by atoms with Crippen molar-refractivity contribution in [3.05, 3.63) is 0 Å². The third kappa shape index (κ3) is 242. The maximum atomic E-state index is 8.33. The second kappa shape index (κ2) is 34.0. The first kappa shape index (κ1) is 31.4.